The molecule has 0 amide bonds. The first-order valence-electron chi connectivity index (χ1n) is 9.82. The van der Waals surface area contributed by atoms with Crippen LogP contribution in [0.15, 0.2) is 34.2 Å². The van der Waals surface area contributed by atoms with Gasteiger partial charge in [-0.15, -0.1) is 24.0 Å². The zero-order chi connectivity index (χ0) is 21.3. The number of ether oxygens (including phenoxy) is 1. The molecule has 0 bridgehead atoms. The monoisotopic (exact) mass is 572 g/mol. The van der Waals surface area contributed by atoms with Gasteiger partial charge in [0.15, 0.2) is 5.96 Å². The Kier molecular flexibility index (Phi) is 12.0. The smallest absolute Gasteiger partial charge is 0.309 e. The predicted molar refractivity (Wildman–Crippen MR) is 129 cm³/mol. The van der Waals surface area contributed by atoms with E-state index in [1.807, 2.05) is 13.8 Å². The van der Waals surface area contributed by atoms with Gasteiger partial charge in [-0.25, -0.2) is 13.1 Å². The summed E-state index contributed by atoms with van der Waals surface area (Å²) in [7, 11) is -3.63. The van der Waals surface area contributed by atoms with Gasteiger partial charge >= 0.3 is 5.97 Å². The standard InChI is InChI=1S/C19H29ClN4O4S.HI/c1-3-21-19(24-12-8-15(9-13-24)18(25)28-4-2)22-10-11-23-29(26,27)17-7-5-6-16(20)14-17;/h5-7,14-15,23H,3-4,8-13H2,1-2H3,(H,21,22);1H. The van der Waals surface area contributed by atoms with Crippen LogP contribution in [0, 0.1) is 5.92 Å². The van der Waals surface area contributed by atoms with Crippen LogP contribution in [-0.2, 0) is 19.6 Å². The van der Waals surface area contributed by atoms with E-state index in [0.717, 1.165) is 5.96 Å². The SMILES string of the molecule is CCNC(=NCCNS(=O)(=O)c1cccc(Cl)c1)N1CCC(C(=O)OCC)CC1.I. The molecule has 1 fully saturated rings. The van der Waals surface area contributed by atoms with Gasteiger partial charge in [0, 0.05) is 31.2 Å². The van der Waals surface area contributed by atoms with Crippen LogP contribution in [0.4, 0.5) is 0 Å². The van der Waals surface area contributed by atoms with Crippen molar-refractivity contribution in [2.45, 2.75) is 31.6 Å². The van der Waals surface area contributed by atoms with Crippen molar-refractivity contribution in [1.29, 1.82) is 0 Å². The average molecular weight is 573 g/mol. The molecule has 0 saturated carbocycles. The average Bonchev–Trinajstić information content (AvgIpc) is 2.70. The summed E-state index contributed by atoms with van der Waals surface area (Å²) in [5.74, 6) is 0.514. The topological polar surface area (TPSA) is 100 Å². The molecule has 0 atom stereocenters. The third-order valence-electron chi connectivity index (χ3n) is 4.52. The summed E-state index contributed by atoms with van der Waals surface area (Å²) in [6.45, 7) is 6.74. The largest absolute Gasteiger partial charge is 0.466 e. The van der Waals surface area contributed by atoms with E-state index in [9.17, 15) is 13.2 Å². The van der Waals surface area contributed by atoms with Crippen LogP contribution >= 0.6 is 35.6 Å². The molecule has 1 aliphatic rings. The molecule has 1 aromatic rings. The van der Waals surface area contributed by atoms with Crippen LogP contribution in [-0.4, -0.2) is 64.6 Å². The van der Waals surface area contributed by atoms with Crippen molar-refractivity contribution < 1.29 is 17.9 Å². The quantitative estimate of drug-likeness (QED) is 0.163. The molecular formula is C19H30ClIN4O4S. The summed E-state index contributed by atoms with van der Waals surface area (Å²) in [4.78, 5) is 18.6. The van der Waals surface area contributed by atoms with Gasteiger partial charge in [-0.1, -0.05) is 17.7 Å². The fourth-order valence-electron chi connectivity index (χ4n) is 3.07. The molecule has 1 aliphatic heterocycles. The van der Waals surface area contributed by atoms with E-state index >= 15 is 0 Å². The molecule has 1 heterocycles. The van der Waals surface area contributed by atoms with Crippen LogP contribution in [0.2, 0.25) is 5.02 Å². The number of esters is 1. The zero-order valence-electron chi connectivity index (χ0n) is 17.3. The fraction of sp³-hybridized carbons (Fsp3) is 0.579. The second kappa shape index (κ2) is 13.3. The van der Waals surface area contributed by atoms with E-state index in [2.05, 4.69) is 19.9 Å². The predicted octanol–water partition coefficient (Wildman–Crippen LogP) is 2.48. The summed E-state index contributed by atoms with van der Waals surface area (Å²) in [6.07, 6.45) is 1.43. The van der Waals surface area contributed by atoms with Gasteiger partial charge in [-0.2, -0.15) is 0 Å². The molecule has 0 aromatic heterocycles. The van der Waals surface area contributed by atoms with Crippen LogP contribution in [0.1, 0.15) is 26.7 Å². The summed E-state index contributed by atoms with van der Waals surface area (Å²) < 4.78 is 32.3. The first-order chi connectivity index (χ1) is 13.9. The Morgan fingerprint density at radius 1 is 1.30 bits per heavy atom. The number of nitrogens with zero attached hydrogens (tertiary/aromatic N) is 2. The molecule has 170 valence electrons. The van der Waals surface area contributed by atoms with Crippen LogP contribution in [0.3, 0.4) is 0 Å². The minimum atomic E-state index is -3.63. The number of guanidine groups is 1. The summed E-state index contributed by atoms with van der Waals surface area (Å²) in [5, 5.41) is 3.59. The second-order valence-corrected chi connectivity index (χ2v) is 8.81. The molecule has 11 heteroatoms. The minimum Gasteiger partial charge on any atom is -0.466 e. The van der Waals surface area contributed by atoms with Crippen molar-refractivity contribution in [3.63, 3.8) is 0 Å². The highest BCUT2D eigenvalue weighted by atomic mass is 127. The lowest BCUT2D eigenvalue weighted by molar-refractivity contribution is -0.149. The third kappa shape index (κ3) is 8.20. The molecule has 2 N–H and O–H groups in total. The second-order valence-electron chi connectivity index (χ2n) is 6.60. The molecule has 1 saturated heterocycles. The van der Waals surface area contributed by atoms with E-state index in [1.54, 1.807) is 12.1 Å². The highest BCUT2D eigenvalue weighted by Gasteiger charge is 2.27. The van der Waals surface area contributed by atoms with Gasteiger partial charge < -0.3 is 15.0 Å². The Balaban J connectivity index is 0.00000450. The number of rotatable bonds is 8. The summed E-state index contributed by atoms with van der Waals surface area (Å²) in [5.41, 5.74) is 0. The van der Waals surface area contributed by atoms with Gasteiger partial charge in [-0.05, 0) is 44.9 Å². The van der Waals surface area contributed by atoms with Gasteiger partial charge in [0.05, 0.1) is 24.0 Å². The number of hydrogen-bond acceptors (Lipinski definition) is 5. The molecule has 2 rings (SSSR count). The lowest BCUT2D eigenvalue weighted by atomic mass is 9.97. The van der Waals surface area contributed by atoms with E-state index in [4.69, 9.17) is 16.3 Å². The first kappa shape index (κ1) is 26.9. The fourth-order valence-corrected chi connectivity index (χ4v) is 4.39. The molecular weight excluding hydrogens is 543 g/mol. The van der Waals surface area contributed by atoms with Gasteiger partial charge in [0.1, 0.15) is 0 Å². The number of aliphatic imine (C=N–C) groups is 1. The summed E-state index contributed by atoms with van der Waals surface area (Å²) >= 11 is 5.87. The van der Waals surface area contributed by atoms with Crippen molar-refractivity contribution >= 4 is 57.5 Å². The van der Waals surface area contributed by atoms with E-state index in [0.29, 0.717) is 50.7 Å². The van der Waals surface area contributed by atoms with Gasteiger partial charge in [0.2, 0.25) is 10.0 Å². The normalized spacial score (nSPS) is 15.4. The Morgan fingerprint density at radius 3 is 2.60 bits per heavy atom. The van der Waals surface area contributed by atoms with Gasteiger partial charge in [-0.3, -0.25) is 9.79 Å². The van der Waals surface area contributed by atoms with Crippen molar-refractivity contribution in [3.05, 3.63) is 29.3 Å². The van der Waals surface area contributed by atoms with Gasteiger partial charge in [0.25, 0.3) is 0 Å². The Morgan fingerprint density at radius 2 is 2.00 bits per heavy atom. The summed E-state index contributed by atoms with van der Waals surface area (Å²) in [6, 6.07) is 6.12. The first-order valence-corrected chi connectivity index (χ1v) is 11.7. The number of halogens is 2. The maximum absolute atomic E-state index is 12.3. The highest BCUT2D eigenvalue weighted by molar-refractivity contribution is 14.0. The van der Waals surface area contributed by atoms with E-state index in [-0.39, 0.29) is 47.3 Å². The molecule has 0 radical (unpaired) electrons. The van der Waals surface area contributed by atoms with Crippen molar-refractivity contribution in [2.75, 3.05) is 39.3 Å². The highest BCUT2D eigenvalue weighted by Crippen LogP contribution is 2.19. The minimum absolute atomic E-state index is 0. The number of benzene rings is 1. The molecule has 0 aliphatic carbocycles. The number of nitrogens with one attached hydrogen (secondary N) is 2. The zero-order valence-corrected chi connectivity index (χ0v) is 21.2. The number of likely N-dealkylation sites (tertiary alicyclic amines) is 1. The maximum atomic E-state index is 12.3. The van der Waals surface area contributed by atoms with Crippen LogP contribution < -0.4 is 10.0 Å². The lowest BCUT2D eigenvalue weighted by Gasteiger charge is -2.33. The number of carbonyl (C=O) groups is 1. The van der Waals surface area contributed by atoms with Crippen LogP contribution in [0.5, 0.6) is 0 Å². The molecule has 30 heavy (non-hydrogen) atoms. The Labute approximate surface area is 200 Å². The van der Waals surface area contributed by atoms with Crippen molar-refractivity contribution in [2.24, 2.45) is 10.9 Å². The van der Waals surface area contributed by atoms with Crippen LogP contribution in [0.25, 0.3) is 0 Å². The van der Waals surface area contributed by atoms with E-state index < -0.39 is 10.0 Å². The Hall–Kier alpha value is -1.11. The third-order valence-corrected chi connectivity index (χ3v) is 6.21. The molecule has 1 aromatic carbocycles. The molecule has 0 spiro atoms. The van der Waals surface area contributed by atoms with E-state index in [1.165, 1.54) is 12.1 Å². The maximum Gasteiger partial charge on any atom is 0.309 e. The number of sulfonamides is 1. The molecule has 0 unspecified atom stereocenters. The van der Waals surface area contributed by atoms with Crippen molar-refractivity contribution in [1.82, 2.24) is 14.9 Å². The van der Waals surface area contributed by atoms with Crippen molar-refractivity contribution in [3.8, 4) is 0 Å². The number of carbonyl (C=O) groups excluding carboxylic acids is 1. The number of piperidine rings is 1. The number of hydrogen-bond donors (Lipinski definition) is 2. The molecule has 8 nitrogen and oxygen atoms in total. The Bertz CT molecular complexity index is 815. The lowest BCUT2D eigenvalue weighted by Crippen LogP contribution is -2.47.